The summed E-state index contributed by atoms with van der Waals surface area (Å²) in [4.78, 5) is 14.9. The number of hydrogen-bond donors (Lipinski definition) is 0. The summed E-state index contributed by atoms with van der Waals surface area (Å²) in [7, 11) is 1.68. The third-order valence-corrected chi connectivity index (χ3v) is 2.17. The van der Waals surface area contributed by atoms with Crippen LogP contribution in [0.5, 0.6) is 0 Å². The standard InChI is InChI=1S/C11H9FN2O/c1-14-5-4-8(6-11(14)15)9-2-3-10(12)13-7-9/h2-7H,1H3. The molecule has 0 bridgehead atoms. The van der Waals surface area contributed by atoms with Gasteiger partial charge in [0, 0.05) is 31.1 Å². The lowest BCUT2D eigenvalue weighted by molar-refractivity contribution is 0.584. The van der Waals surface area contributed by atoms with E-state index in [0.29, 0.717) is 0 Å². The molecule has 0 atom stereocenters. The van der Waals surface area contributed by atoms with Gasteiger partial charge in [-0.25, -0.2) is 4.98 Å². The summed E-state index contributed by atoms with van der Waals surface area (Å²) in [5, 5.41) is 0. The highest BCUT2D eigenvalue weighted by molar-refractivity contribution is 5.61. The summed E-state index contributed by atoms with van der Waals surface area (Å²) in [6, 6.07) is 6.15. The van der Waals surface area contributed by atoms with Crippen molar-refractivity contribution in [2.24, 2.45) is 7.05 Å². The van der Waals surface area contributed by atoms with Crippen LogP contribution in [0.2, 0.25) is 0 Å². The first-order valence-electron chi connectivity index (χ1n) is 4.45. The van der Waals surface area contributed by atoms with Crippen molar-refractivity contribution in [2.45, 2.75) is 0 Å². The van der Waals surface area contributed by atoms with Crippen LogP contribution in [0.4, 0.5) is 4.39 Å². The van der Waals surface area contributed by atoms with Gasteiger partial charge in [0.25, 0.3) is 5.56 Å². The van der Waals surface area contributed by atoms with Crippen LogP contribution >= 0.6 is 0 Å². The quantitative estimate of drug-likeness (QED) is 0.661. The summed E-state index contributed by atoms with van der Waals surface area (Å²) >= 11 is 0. The third-order valence-electron chi connectivity index (χ3n) is 2.17. The lowest BCUT2D eigenvalue weighted by atomic mass is 10.1. The van der Waals surface area contributed by atoms with Crippen molar-refractivity contribution in [1.29, 1.82) is 0 Å². The third kappa shape index (κ3) is 1.93. The minimum absolute atomic E-state index is 0.100. The van der Waals surface area contributed by atoms with Crippen molar-refractivity contribution < 1.29 is 4.39 Å². The molecule has 3 nitrogen and oxygen atoms in total. The van der Waals surface area contributed by atoms with Crippen LogP contribution in [0, 0.1) is 5.95 Å². The molecule has 2 heterocycles. The Morgan fingerprint density at radius 2 is 2.07 bits per heavy atom. The van der Waals surface area contributed by atoms with Crippen molar-refractivity contribution >= 4 is 0 Å². The van der Waals surface area contributed by atoms with E-state index in [1.54, 1.807) is 25.4 Å². The number of rotatable bonds is 1. The van der Waals surface area contributed by atoms with Gasteiger partial charge in [0.2, 0.25) is 5.95 Å². The number of nitrogens with zero attached hydrogens (tertiary/aromatic N) is 2. The zero-order valence-electron chi connectivity index (χ0n) is 8.14. The minimum atomic E-state index is -0.525. The monoisotopic (exact) mass is 204 g/mol. The molecule has 0 saturated heterocycles. The van der Waals surface area contributed by atoms with Crippen LogP contribution in [0.25, 0.3) is 11.1 Å². The first-order valence-corrected chi connectivity index (χ1v) is 4.45. The van der Waals surface area contributed by atoms with Gasteiger partial charge < -0.3 is 4.57 Å². The van der Waals surface area contributed by atoms with Gasteiger partial charge in [-0.2, -0.15) is 4.39 Å². The predicted molar refractivity (Wildman–Crippen MR) is 54.9 cm³/mol. The predicted octanol–water partition coefficient (Wildman–Crippen LogP) is 1.59. The highest BCUT2D eigenvalue weighted by atomic mass is 19.1. The van der Waals surface area contributed by atoms with Crippen molar-refractivity contribution in [2.75, 3.05) is 0 Å². The molecule has 0 fully saturated rings. The summed E-state index contributed by atoms with van der Waals surface area (Å²) in [6.45, 7) is 0. The summed E-state index contributed by atoms with van der Waals surface area (Å²) < 4.78 is 14.0. The van der Waals surface area contributed by atoms with Crippen LogP contribution in [0.3, 0.4) is 0 Å². The molecule has 2 aromatic rings. The van der Waals surface area contributed by atoms with E-state index in [2.05, 4.69) is 4.98 Å². The van der Waals surface area contributed by atoms with E-state index in [9.17, 15) is 9.18 Å². The molecule has 0 aliphatic rings. The second kappa shape index (κ2) is 3.65. The highest BCUT2D eigenvalue weighted by Crippen LogP contribution is 2.15. The molecule has 0 amide bonds. The Hall–Kier alpha value is -1.97. The first-order chi connectivity index (χ1) is 7.16. The Morgan fingerprint density at radius 1 is 1.27 bits per heavy atom. The Balaban J connectivity index is 2.50. The molecule has 2 aromatic heterocycles. The fourth-order valence-corrected chi connectivity index (χ4v) is 1.27. The molecule has 4 heteroatoms. The van der Waals surface area contributed by atoms with Crippen LogP contribution in [0.15, 0.2) is 41.5 Å². The van der Waals surface area contributed by atoms with Gasteiger partial charge in [-0.15, -0.1) is 0 Å². The van der Waals surface area contributed by atoms with Gasteiger partial charge in [-0.3, -0.25) is 4.79 Å². The maximum Gasteiger partial charge on any atom is 0.250 e. The molecule has 2 rings (SSSR count). The average Bonchev–Trinajstić information content (AvgIpc) is 2.23. The topological polar surface area (TPSA) is 34.9 Å². The van der Waals surface area contributed by atoms with Gasteiger partial charge >= 0.3 is 0 Å². The second-order valence-corrected chi connectivity index (χ2v) is 3.23. The van der Waals surface area contributed by atoms with Gasteiger partial charge in [0.05, 0.1) is 0 Å². The van der Waals surface area contributed by atoms with Crippen molar-refractivity contribution in [3.63, 3.8) is 0 Å². The Bertz CT molecular complexity index is 531. The fraction of sp³-hybridized carbons (Fsp3) is 0.0909. The van der Waals surface area contributed by atoms with Crippen LogP contribution in [0.1, 0.15) is 0 Å². The fourth-order valence-electron chi connectivity index (χ4n) is 1.27. The van der Waals surface area contributed by atoms with Crippen molar-refractivity contribution in [3.8, 4) is 11.1 Å². The first kappa shape index (κ1) is 9.58. The zero-order valence-corrected chi connectivity index (χ0v) is 8.14. The molecule has 0 saturated carbocycles. The molecular weight excluding hydrogens is 195 g/mol. The Kier molecular flexibility index (Phi) is 2.33. The molecule has 0 aromatic carbocycles. The van der Waals surface area contributed by atoms with Crippen LogP contribution in [-0.4, -0.2) is 9.55 Å². The van der Waals surface area contributed by atoms with Crippen molar-refractivity contribution in [3.05, 3.63) is 53.0 Å². The molecule has 0 N–H and O–H groups in total. The van der Waals surface area contributed by atoms with E-state index in [1.165, 1.54) is 22.9 Å². The van der Waals surface area contributed by atoms with Gasteiger partial charge in [-0.1, -0.05) is 0 Å². The average molecular weight is 204 g/mol. The van der Waals surface area contributed by atoms with E-state index in [-0.39, 0.29) is 5.56 Å². The maximum absolute atomic E-state index is 12.6. The molecule has 0 radical (unpaired) electrons. The summed E-state index contributed by atoms with van der Waals surface area (Å²) in [6.07, 6.45) is 3.07. The molecule has 15 heavy (non-hydrogen) atoms. The minimum Gasteiger partial charge on any atom is -0.319 e. The molecule has 0 aliphatic heterocycles. The van der Waals surface area contributed by atoms with Crippen LogP contribution < -0.4 is 5.56 Å². The van der Waals surface area contributed by atoms with Gasteiger partial charge in [-0.05, 0) is 23.8 Å². The number of aromatic nitrogens is 2. The maximum atomic E-state index is 12.6. The highest BCUT2D eigenvalue weighted by Gasteiger charge is 2.00. The SMILES string of the molecule is Cn1ccc(-c2ccc(F)nc2)cc1=O. The lowest BCUT2D eigenvalue weighted by Gasteiger charge is -2.01. The zero-order chi connectivity index (χ0) is 10.8. The summed E-state index contributed by atoms with van der Waals surface area (Å²) in [5.74, 6) is -0.525. The number of halogens is 1. The number of hydrogen-bond acceptors (Lipinski definition) is 2. The van der Waals surface area contributed by atoms with E-state index >= 15 is 0 Å². The molecule has 76 valence electrons. The van der Waals surface area contributed by atoms with E-state index in [1.807, 2.05) is 0 Å². The normalized spacial score (nSPS) is 10.3. The van der Waals surface area contributed by atoms with Crippen molar-refractivity contribution in [1.82, 2.24) is 9.55 Å². The molecule has 0 aliphatic carbocycles. The Morgan fingerprint density at radius 3 is 2.67 bits per heavy atom. The molecule has 0 unspecified atom stereocenters. The van der Waals surface area contributed by atoms with Gasteiger partial charge in [0.1, 0.15) is 0 Å². The Labute approximate surface area is 85.8 Å². The lowest BCUT2D eigenvalue weighted by Crippen LogP contribution is -2.14. The number of pyridine rings is 2. The molecular formula is C11H9FN2O. The van der Waals surface area contributed by atoms with E-state index < -0.39 is 5.95 Å². The van der Waals surface area contributed by atoms with Gasteiger partial charge in [0.15, 0.2) is 0 Å². The van der Waals surface area contributed by atoms with E-state index in [4.69, 9.17) is 0 Å². The van der Waals surface area contributed by atoms with E-state index in [0.717, 1.165) is 11.1 Å². The number of aryl methyl sites for hydroxylation is 1. The second-order valence-electron chi connectivity index (χ2n) is 3.23. The smallest absolute Gasteiger partial charge is 0.250 e. The summed E-state index contributed by atoms with van der Waals surface area (Å²) in [5.41, 5.74) is 1.37. The van der Waals surface area contributed by atoms with Crippen LogP contribution in [-0.2, 0) is 7.05 Å². The largest absolute Gasteiger partial charge is 0.319 e. The molecule has 0 spiro atoms.